The summed E-state index contributed by atoms with van der Waals surface area (Å²) >= 11 is 0. The number of nitrogens with two attached hydrogens (primary N) is 1. The molecule has 2 rings (SSSR count). The molecule has 0 aromatic heterocycles. The Morgan fingerprint density at radius 3 is 2.37 bits per heavy atom. The summed E-state index contributed by atoms with van der Waals surface area (Å²) in [4.78, 5) is 11.8. The first-order chi connectivity index (χ1) is 12.7. The van der Waals surface area contributed by atoms with E-state index in [4.69, 9.17) is 15.2 Å². The van der Waals surface area contributed by atoms with E-state index in [0.29, 0.717) is 6.42 Å². The van der Waals surface area contributed by atoms with Crippen LogP contribution in [0, 0.1) is 0 Å². The van der Waals surface area contributed by atoms with Crippen LogP contribution in [0.3, 0.4) is 0 Å². The van der Waals surface area contributed by atoms with E-state index in [1.807, 2.05) is 6.92 Å². The van der Waals surface area contributed by atoms with Crippen molar-refractivity contribution < 1.29 is 27.8 Å². The van der Waals surface area contributed by atoms with E-state index in [-0.39, 0.29) is 33.8 Å². The molecule has 0 spiro atoms. The quantitative estimate of drug-likeness (QED) is 0.693. The summed E-state index contributed by atoms with van der Waals surface area (Å²) in [7, 11) is -2.71. The number of hydrogen-bond acceptors (Lipinski definition) is 7. The average molecular weight is 393 g/mol. The SMILES string of the molecule is CCOC(=O)c1cc(S(=O)(=O)c2ccc(C[C@@H](C)N)cc2)c(OC)cc1O. The van der Waals surface area contributed by atoms with E-state index in [9.17, 15) is 18.3 Å². The smallest absolute Gasteiger partial charge is 0.341 e. The molecule has 1 atom stereocenters. The number of esters is 1. The van der Waals surface area contributed by atoms with Gasteiger partial charge in [-0.3, -0.25) is 0 Å². The molecule has 2 aromatic rings. The van der Waals surface area contributed by atoms with Gasteiger partial charge in [0.2, 0.25) is 9.84 Å². The van der Waals surface area contributed by atoms with Gasteiger partial charge in [-0.2, -0.15) is 0 Å². The summed E-state index contributed by atoms with van der Waals surface area (Å²) in [6.45, 7) is 3.57. The number of methoxy groups -OCH3 is 1. The second-order valence-electron chi connectivity index (χ2n) is 6.07. The zero-order valence-corrected chi connectivity index (χ0v) is 16.2. The number of carbonyl (C=O) groups is 1. The van der Waals surface area contributed by atoms with E-state index in [1.165, 1.54) is 19.2 Å². The van der Waals surface area contributed by atoms with Crippen LogP contribution in [0.5, 0.6) is 11.5 Å². The summed E-state index contributed by atoms with van der Waals surface area (Å²) in [6.07, 6.45) is 0.621. The largest absolute Gasteiger partial charge is 0.507 e. The lowest BCUT2D eigenvalue weighted by atomic mass is 10.1. The van der Waals surface area contributed by atoms with Gasteiger partial charge < -0.3 is 20.3 Å². The third-order valence-corrected chi connectivity index (χ3v) is 5.65. The van der Waals surface area contributed by atoms with Crippen LogP contribution in [0.1, 0.15) is 29.8 Å². The molecule has 0 amide bonds. The molecule has 0 aliphatic carbocycles. The van der Waals surface area contributed by atoms with Crippen molar-refractivity contribution in [2.75, 3.05) is 13.7 Å². The number of phenols is 1. The molecule has 7 nitrogen and oxygen atoms in total. The fourth-order valence-electron chi connectivity index (χ4n) is 2.59. The molecule has 0 aliphatic rings. The summed E-state index contributed by atoms with van der Waals surface area (Å²) in [5.74, 6) is -1.31. The molecule has 3 N–H and O–H groups in total. The average Bonchev–Trinajstić information content (AvgIpc) is 2.61. The topological polar surface area (TPSA) is 116 Å². The first kappa shape index (κ1) is 20.7. The molecule has 2 aromatic carbocycles. The maximum Gasteiger partial charge on any atom is 0.341 e. The Morgan fingerprint density at radius 1 is 1.22 bits per heavy atom. The molecule has 0 aliphatic heterocycles. The van der Waals surface area contributed by atoms with Crippen molar-refractivity contribution in [3.63, 3.8) is 0 Å². The number of benzene rings is 2. The van der Waals surface area contributed by atoms with Crippen LogP contribution < -0.4 is 10.5 Å². The van der Waals surface area contributed by atoms with Crippen molar-refractivity contribution in [3.05, 3.63) is 47.5 Å². The molecule has 0 saturated carbocycles. The molecular weight excluding hydrogens is 370 g/mol. The lowest BCUT2D eigenvalue weighted by Gasteiger charge is -2.13. The first-order valence-corrected chi connectivity index (χ1v) is 9.86. The maximum absolute atomic E-state index is 13.1. The number of phenolic OH excluding ortho intramolecular Hbond substituents is 1. The number of ether oxygens (including phenoxy) is 2. The van der Waals surface area contributed by atoms with Gasteiger partial charge in [0.05, 0.1) is 18.6 Å². The van der Waals surface area contributed by atoms with Crippen LogP contribution in [0.2, 0.25) is 0 Å². The van der Waals surface area contributed by atoms with Crippen molar-refractivity contribution in [3.8, 4) is 11.5 Å². The lowest BCUT2D eigenvalue weighted by Crippen LogP contribution is -2.17. The molecule has 8 heteroatoms. The Morgan fingerprint density at radius 2 is 1.85 bits per heavy atom. The summed E-state index contributed by atoms with van der Waals surface area (Å²) in [5, 5.41) is 10.0. The minimum atomic E-state index is -3.99. The van der Waals surface area contributed by atoms with Gasteiger partial charge >= 0.3 is 5.97 Å². The zero-order chi connectivity index (χ0) is 20.2. The minimum Gasteiger partial charge on any atom is -0.507 e. The predicted octanol–water partition coefficient (Wildman–Crippen LogP) is 2.30. The Labute approximate surface area is 158 Å². The number of carbonyl (C=O) groups excluding carboxylic acids is 1. The van der Waals surface area contributed by atoms with Gasteiger partial charge in [-0.1, -0.05) is 12.1 Å². The lowest BCUT2D eigenvalue weighted by molar-refractivity contribution is 0.0522. The summed E-state index contributed by atoms with van der Waals surface area (Å²) in [5.41, 5.74) is 6.42. The Balaban J connectivity index is 2.53. The second-order valence-corrected chi connectivity index (χ2v) is 7.99. The predicted molar refractivity (Wildman–Crippen MR) is 99.9 cm³/mol. The molecule has 27 heavy (non-hydrogen) atoms. The Kier molecular flexibility index (Phi) is 6.45. The Hall–Kier alpha value is -2.58. The van der Waals surface area contributed by atoms with Crippen LogP contribution in [0.4, 0.5) is 0 Å². The van der Waals surface area contributed by atoms with E-state index in [1.54, 1.807) is 19.1 Å². The van der Waals surface area contributed by atoms with Gasteiger partial charge in [-0.15, -0.1) is 0 Å². The molecule has 0 radical (unpaired) electrons. The van der Waals surface area contributed by atoms with Crippen LogP contribution in [0.15, 0.2) is 46.2 Å². The maximum atomic E-state index is 13.1. The molecule has 146 valence electrons. The van der Waals surface area contributed by atoms with E-state index in [2.05, 4.69) is 0 Å². The van der Waals surface area contributed by atoms with Crippen LogP contribution in [0.25, 0.3) is 0 Å². The van der Waals surface area contributed by atoms with Crippen molar-refractivity contribution in [2.24, 2.45) is 5.73 Å². The van der Waals surface area contributed by atoms with Gasteiger partial charge in [-0.25, -0.2) is 13.2 Å². The third kappa shape index (κ3) is 4.58. The third-order valence-electron chi connectivity index (χ3n) is 3.86. The van der Waals surface area contributed by atoms with Gasteiger partial charge in [0.25, 0.3) is 0 Å². The van der Waals surface area contributed by atoms with E-state index < -0.39 is 21.6 Å². The molecule has 0 bridgehead atoms. The number of aromatic hydroxyl groups is 1. The van der Waals surface area contributed by atoms with Gasteiger partial charge in [0.15, 0.2) is 0 Å². The molecule has 0 saturated heterocycles. The molecule has 0 fully saturated rings. The highest BCUT2D eigenvalue weighted by molar-refractivity contribution is 7.91. The monoisotopic (exact) mass is 393 g/mol. The highest BCUT2D eigenvalue weighted by atomic mass is 32.2. The number of rotatable bonds is 7. The minimum absolute atomic E-state index is 0.0368. The summed E-state index contributed by atoms with van der Waals surface area (Å²) < 4.78 is 36.1. The fraction of sp³-hybridized carbons (Fsp3) is 0.316. The van der Waals surface area contributed by atoms with Crippen LogP contribution in [-0.4, -0.2) is 39.3 Å². The van der Waals surface area contributed by atoms with Crippen molar-refractivity contribution >= 4 is 15.8 Å². The Bertz CT molecular complexity index is 920. The highest BCUT2D eigenvalue weighted by Crippen LogP contribution is 2.35. The first-order valence-electron chi connectivity index (χ1n) is 8.38. The normalized spacial score (nSPS) is 12.4. The zero-order valence-electron chi connectivity index (χ0n) is 15.4. The van der Waals surface area contributed by atoms with Crippen LogP contribution in [-0.2, 0) is 21.0 Å². The van der Waals surface area contributed by atoms with E-state index >= 15 is 0 Å². The van der Waals surface area contributed by atoms with Gasteiger partial charge in [0.1, 0.15) is 22.0 Å². The standard InChI is InChI=1S/C19H23NO6S/c1-4-26-19(22)15-10-18(17(25-3)11-16(15)21)27(23,24)14-7-5-13(6-8-14)9-12(2)20/h5-8,10-12,21H,4,9,20H2,1-3H3/t12-/m1/s1. The van der Waals surface area contributed by atoms with Crippen LogP contribution >= 0.6 is 0 Å². The summed E-state index contributed by atoms with van der Waals surface area (Å²) in [6, 6.07) is 8.44. The van der Waals surface area contributed by atoms with Crippen molar-refractivity contribution in [1.29, 1.82) is 0 Å². The highest BCUT2D eigenvalue weighted by Gasteiger charge is 2.26. The number of sulfone groups is 1. The van der Waals surface area contributed by atoms with Crippen molar-refractivity contribution in [2.45, 2.75) is 36.1 Å². The van der Waals surface area contributed by atoms with E-state index in [0.717, 1.165) is 17.7 Å². The number of hydrogen-bond donors (Lipinski definition) is 2. The molecule has 0 heterocycles. The fourth-order valence-corrected chi connectivity index (χ4v) is 4.02. The van der Waals surface area contributed by atoms with Gasteiger partial charge in [0, 0.05) is 12.1 Å². The second kappa shape index (κ2) is 8.41. The molecular formula is C19H23NO6S. The molecule has 0 unspecified atom stereocenters. The van der Waals surface area contributed by atoms with Crippen molar-refractivity contribution in [1.82, 2.24) is 0 Å². The van der Waals surface area contributed by atoms with Gasteiger partial charge in [-0.05, 0) is 44.0 Å².